The van der Waals surface area contributed by atoms with Gasteiger partial charge in [0.15, 0.2) is 11.1 Å². The van der Waals surface area contributed by atoms with Crippen LogP contribution in [-0.2, 0) is 19.5 Å². The van der Waals surface area contributed by atoms with Crippen molar-refractivity contribution in [3.63, 3.8) is 0 Å². The molecule has 0 fully saturated rings. The van der Waals surface area contributed by atoms with Crippen LogP contribution in [0.1, 0.15) is 29.4 Å². The van der Waals surface area contributed by atoms with Crippen LogP contribution in [0, 0.1) is 0 Å². The highest BCUT2D eigenvalue weighted by molar-refractivity contribution is 7.13. The quantitative estimate of drug-likeness (QED) is 0.592. The first kappa shape index (κ1) is 17.7. The predicted molar refractivity (Wildman–Crippen MR) is 99.6 cm³/mol. The lowest BCUT2D eigenvalue weighted by Gasteiger charge is -2.09. The summed E-state index contributed by atoms with van der Waals surface area (Å²) in [6, 6.07) is 0. The van der Waals surface area contributed by atoms with Crippen molar-refractivity contribution in [1.82, 2.24) is 20.6 Å². The van der Waals surface area contributed by atoms with Gasteiger partial charge in [-0.25, -0.2) is 15.0 Å². The van der Waals surface area contributed by atoms with E-state index in [2.05, 4.69) is 44.8 Å². The van der Waals surface area contributed by atoms with E-state index in [9.17, 15) is 0 Å². The van der Waals surface area contributed by atoms with Gasteiger partial charge in [-0.05, 0) is 13.3 Å². The standard InChI is InChI=1S/C15H24N6S2/c1-5-12-8-17-13(23-12)9-19-14(16-6-2)18-7-11-10-22-15(20-11)21(3)4/h8,10H,5-7,9H2,1-4H3,(H2,16,18,19). The molecule has 2 N–H and O–H groups in total. The smallest absolute Gasteiger partial charge is 0.191 e. The zero-order valence-electron chi connectivity index (χ0n) is 14.1. The molecule has 0 saturated heterocycles. The summed E-state index contributed by atoms with van der Waals surface area (Å²) >= 11 is 3.38. The Hall–Kier alpha value is -1.67. The molecule has 0 aliphatic heterocycles. The zero-order chi connectivity index (χ0) is 16.7. The summed E-state index contributed by atoms with van der Waals surface area (Å²) in [5.41, 5.74) is 0.985. The number of anilines is 1. The molecular formula is C15H24N6S2. The Kier molecular flexibility index (Phi) is 6.79. The Morgan fingerprint density at radius 2 is 2.13 bits per heavy atom. The van der Waals surface area contributed by atoms with Crippen molar-refractivity contribution < 1.29 is 0 Å². The van der Waals surface area contributed by atoms with Gasteiger partial charge in [-0.1, -0.05) is 6.92 Å². The maximum Gasteiger partial charge on any atom is 0.191 e. The molecule has 2 rings (SSSR count). The lowest BCUT2D eigenvalue weighted by molar-refractivity contribution is 0.808. The van der Waals surface area contributed by atoms with Crippen LogP contribution in [0.15, 0.2) is 16.6 Å². The summed E-state index contributed by atoms with van der Waals surface area (Å²) in [6.45, 7) is 6.28. The van der Waals surface area contributed by atoms with Crippen LogP contribution < -0.4 is 15.5 Å². The third kappa shape index (κ3) is 5.47. The van der Waals surface area contributed by atoms with Crippen LogP contribution in [0.4, 0.5) is 5.13 Å². The first-order chi connectivity index (χ1) is 11.1. The fourth-order valence-electron chi connectivity index (χ4n) is 1.83. The van der Waals surface area contributed by atoms with Gasteiger partial charge < -0.3 is 15.5 Å². The molecule has 0 bridgehead atoms. The van der Waals surface area contributed by atoms with Gasteiger partial charge >= 0.3 is 0 Å². The van der Waals surface area contributed by atoms with Crippen molar-refractivity contribution in [2.45, 2.75) is 33.4 Å². The number of aryl methyl sites for hydroxylation is 1. The minimum Gasteiger partial charge on any atom is -0.357 e. The first-order valence-corrected chi connectivity index (χ1v) is 9.39. The van der Waals surface area contributed by atoms with Gasteiger partial charge in [-0.15, -0.1) is 22.7 Å². The van der Waals surface area contributed by atoms with E-state index in [1.807, 2.05) is 25.2 Å². The molecule has 2 aromatic rings. The fourth-order valence-corrected chi connectivity index (χ4v) is 3.38. The topological polar surface area (TPSA) is 65.4 Å². The van der Waals surface area contributed by atoms with E-state index in [4.69, 9.17) is 0 Å². The maximum absolute atomic E-state index is 4.60. The minimum atomic E-state index is 0.567. The van der Waals surface area contributed by atoms with Crippen molar-refractivity contribution in [3.8, 4) is 0 Å². The second kappa shape index (κ2) is 8.83. The molecule has 0 radical (unpaired) electrons. The second-order valence-corrected chi connectivity index (χ2v) is 7.17. The van der Waals surface area contributed by atoms with E-state index in [0.29, 0.717) is 13.1 Å². The van der Waals surface area contributed by atoms with E-state index < -0.39 is 0 Å². The van der Waals surface area contributed by atoms with Crippen LogP contribution in [0.2, 0.25) is 0 Å². The highest BCUT2D eigenvalue weighted by Gasteiger charge is 2.05. The summed E-state index contributed by atoms with van der Waals surface area (Å²) in [7, 11) is 3.99. The molecule has 0 aliphatic carbocycles. The molecule has 0 saturated carbocycles. The number of nitrogens with zero attached hydrogens (tertiary/aromatic N) is 4. The van der Waals surface area contributed by atoms with E-state index in [-0.39, 0.29) is 0 Å². The average Bonchev–Trinajstić information content (AvgIpc) is 3.19. The van der Waals surface area contributed by atoms with Crippen molar-refractivity contribution >= 4 is 33.8 Å². The van der Waals surface area contributed by atoms with Crippen LogP contribution in [0.25, 0.3) is 0 Å². The number of hydrogen-bond donors (Lipinski definition) is 2. The maximum atomic E-state index is 4.60. The average molecular weight is 353 g/mol. The van der Waals surface area contributed by atoms with Crippen LogP contribution >= 0.6 is 22.7 Å². The second-order valence-electron chi connectivity index (χ2n) is 5.14. The summed E-state index contributed by atoms with van der Waals surface area (Å²) in [6.07, 6.45) is 2.98. The molecule has 23 heavy (non-hydrogen) atoms. The highest BCUT2D eigenvalue weighted by atomic mass is 32.1. The molecule has 0 unspecified atom stereocenters. The van der Waals surface area contributed by atoms with Crippen LogP contribution in [-0.4, -0.2) is 36.6 Å². The number of thiazole rings is 2. The Bertz CT molecular complexity index is 631. The molecule has 0 aromatic carbocycles. The van der Waals surface area contributed by atoms with Crippen molar-refractivity contribution in [2.75, 3.05) is 25.5 Å². The molecule has 2 heterocycles. The normalized spacial score (nSPS) is 11.6. The lowest BCUT2D eigenvalue weighted by atomic mass is 10.4. The Labute approximate surface area is 145 Å². The van der Waals surface area contributed by atoms with Gasteiger partial charge in [-0.3, -0.25) is 0 Å². The van der Waals surface area contributed by atoms with E-state index in [1.165, 1.54) is 4.88 Å². The number of aliphatic imine (C=N–C) groups is 1. The molecule has 126 valence electrons. The van der Waals surface area contributed by atoms with Crippen molar-refractivity contribution in [2.24, 2.45) is 4.99 Å². The summed E-state index contributed by atoms with van der Waals surface area (Å²) in [4.78, 5) is 16.9. The summed E-state index contributed by atoms with van der Waals surface area (Å²) in [5, 5.41) is 10.7. The third-order valence-electron chi connectivity index (χ3n) is 3.02. The van der Waals surface area contributed by atoms with Gasteiger partial charge in [-0.2, -0.15) is 0 Å². The zero-order valence-corrected chi connectivity index (χ0v) is 15.7. The van der Waals surface area contributed by atoms with Crippen molar-refractivity contribution in [3.05, 3.63) is 27.2 Å². The minimum absolute atomic E-state index is 0.567. The van der Waals surface area contributed by atoms with E-state index in [0.717, 1.165) is 34.8 Å². The molecule has 0 spiro atoms. The highest BCUT2D eigenvalue weighted by Crippen LogP contribution is 2.18. The monoisotopic (exact) mass is 352 g/mol. The van der Waals surface area contributed by atoms with Gasteiger partial charge in [0.25, 0.3) is 0 Å². The molecule has 0 amide bonds. The van der Waals surface area contributed by atoms with Gasteiger partial charge in [0.05, 0.1) is 18.8 Å². The molecule has 0 atom stereocenters. The Morgan fingerprint density at radius 3 is 2.74 bits per heavy atom. The molecule has 6 nitrogen and oxygen atoms in total. The van der Waals surface area contributed by atoms with E-state index >= 15 is 0 Å². The SMILES string of the molecule is CCNC(=NCc1csc(N(C)C)n1)NCc1ncc(CC)s1. The largest absolute Gasteiger partial charge is 0.357 e. The molecule has 2 aromatic heterocycles. The first-order valence-electron chi connectivity index (χ1n) is 7.69. The van der Waals surface area contributed by atoms with Crippen molar-refractivity contribution in [1.29, 1.82) is 0 Å². The summed E-state index contributed by atoms with van der Waals surface area (Å²) in [5.74, 6) is 0.792. The Balaban J connectivity index is 1.93. The van der Waals surface area contributed by atoms with Gasteiger partial charge in [0.1, 0.15) is 5.01 Å². The van der Waals surface area contributed by atoms with Gasteiger partial charge in [0.2, 0.25) is 0 Å². The van der Waals surface area contributed by atoms with Crippen LogP contribution in [0.3, 0.4) is 0 Å². The molecular weight excluding hydrogens is 328 g/mol. The molecule has 8 heteroatoms. The number of nitrogens with one attached hydrogen (secondary N) is 2. The predicted octanol–water partition coefficient (Wildman–Crippen LogP) is 2.48. The lowest BCUT2D eigenvalue weighted by Crippen LogP contribution is -2.36. The number of guanidine groups is 1. The van der Waals surface area contributed by atoms with E-state index in [1.54, 1.807) is 22.7 Å². The number of aromatic nitrogens is 2. The molecule has 0 aliphatic rings. The number of hydrogen-bond acceptors (Lipinski definition) is 6. The Morgan fingerprint density at radius 1 is 1.30 bits per heavy atom. The van der Waals surface area contributed by atoms with Crippen LogP contribution in [0.5, 0.6) is 0 Å². The fraction of sp³-hybridized carbons (Fsp3) is 0.533. The number of rotatable bonds is 7. The third-order valence-corrected chi connectivity index (χ3v) is 5.22. The summed E-state index contributed by atoms with van der Waals surface area (Å²) < 4.78 is 0. The van der Waals surface area contributed by atoms with Gasteiger partial charge in [0, 0.05) is 37.1 Å².